The third-order valence-corrected chi connectivity index (χ3v) is 4.39. The number of hydrogen-bond donors (Lipinski definition) is 1. The average molecular weight is 381 g/mol. The van der Waals surface area contributed by atoms with Gasteiger partial charge in [-0.1, -0.05) is 0 Å². The number of aryl methyl sites for hydroxylation is 2. The molecule has 0 fully saturated rings. The lowest BCUT2D eigenvalue weighted by molar-refractivity contribution is 0.728. The molecule has 0 aliphatic heterocycles. The minimum absolute atomic E-state index is 0.546. The van der Waals surface area contributed by atoms with Crippen LogP contribution >= 0.6 is 22.6 Å². The molecule has 6 heteroatoms. The SMILES string of the molecule is Cc1nn(C)c(C)c1Cn1c(N)nc2cc(I)ccc21. The number of nitrogens with two attached hydrogens (primary N) is 1. The molecule has 2 aromatic heterocycles. The van der Waals surface area contributed by atoms with E-state index in [1.165, 1.54) is 5.56 Å². The van der Waals surface area contributed by atoms with Crippen LogP contribution in [0.1, 0.15) is 17.0 Å². The van der Waals surface area contributed by atoms with Crippen LogP contribution in [0.4, 0.5) is 5.95 Å². The second kappa shape index (κ2) is 4.76. The molecule has 0 spiro atoms. The van der Waals surface area contributed by atoms with Gasteiger partial charge in [0.1, 0.15) is 0 Å². The van der Waals surface area contributed by atoms with Crippen molar-refractivity contribution in [3.63, 3.8) is 0 Å². The van der Waals surface area contributed by atoms with Gasteiger partial charge in [0.15, 0.2) is 0 Å². The zero-order chi connectivity index (χ0) is 14.4. The number of anilines is 1. The molecule has 1 aromatic carbocycles. The zero-order valence-corrected chi connectivity index (χ0v) is 13.8. The Bertz CT molecular complexity index is 800. The minimum atomic E-state index is 0.546. The van der Waals surface area contributed by atoms with E-state index in [0.29, 0.717) is 12.5 Å². The van der Waals surface area contributed by atoms with E-state index in [-0.39, 0.29) is 0 Å². The van der Waals surface area contributed by atoms with E-state index in [0.717, 1.165) is 26.0 Å². The molecule has 0 aliphatic rings. The molecule has 0 unspecified atom stereocenters. The number of benzene rings is 1. The summed E-state index contributed by atoms with van der Waals surface area (Å²) in [6.45, 7) is 4.81. The Hall–Kier alpha value is -1.57. The Morgan fingerprint density at radius 3 is 2.70 bits per heavy atom. The number of imidazole rings is 1. The van der Waals surface area contributed by atoms with Crippen LogP contribution in [-0.4, -0.2) is 19.3 Å². The van der Waals surface area contributed by atoms with Gasteiger partial charge in [-0.2, -0.15) is 5.10 Å². The van der Waals surface area contributed by atoms with Gasteiger partial charge >= 0.3 is 0 Å². The standard InChI is InChI=1S/C14H16IN5/c1-8-11(9(2)19(3)18-8)7-20-13-5-4-10(15)6-12(13)17-14(20)16/h4-6H,7H2,1-3H3,(H2,16,17). The first-order valence-electron chi connectivity index (χ1n) is 6.37. The molecule has 2 N–H and O–H groups in total. The van der Waals surface area contributed by atoms with E-state index in [9.17, 15) is 0 Å². The highest BCUT2D eigenvalue weighted by atomic mass is 127. The molecule has 0 bridgehead atoms. The fourth-order valence-electron chi connectivity index (χ4n) is 2.49. The number of nitrogens with zero attached hydrogens (tertiary/aromatic N) is 4. The number of rotatable bonds is 2. The van der Waals surface area contributed by atoms with Crippen molar-refractivity contribution in [3.05, 3.63) is 38.7 Å². The fraction of sp³-hybridized carbons (Fsp3) is 0.286. The van der Waals surface area contributed by atoms with Crippen LogP contribution in [0.2, 0.25) is 0 Å². The summed E-state index contributed by atoms with van der Waals surface area (Å²) in [6, 6.07) is 6.19. The summed E-state index contributed by atoms with van der Waals surface area (Å²) in [6.07, 6.45) is 0. The Kier molecular flexibility index (Phi) is 3.19. The summed E-state index contributed by atoms with van der Waals surface area (Å²) in [4.78, 5) is 4.44. The van der Waals surface area contributed by atoms with Crippen LogP contribution in [-0.2, 0) is 13.6 Å². The van der Waals surface area contributed by atoms with Crippen molar-refractivity contribution in [3.8, 4) is 0 Å². The van der Waals surface area contributed by atoms with Gasteiger partial charge in [-0.25, -0.2) is 4.98 Å². The highest BCUT2D eigenvalue weighted by Gasteiger charge is 2.14. The molecule has 3 aromatic rings. The van der Waals surface area contributed by atoms with Crippen LogP contribution in [0.5, 0.6) is 0 Å². The van der Waals surface area contributed by atoms with E-state index in [1.54, 1.807) is 0 Å². The highest BCUT2D eigenvalue weighted by Crippen LogP contribution is 2.23. The Labute approximate surface area is 130 Å². The Morgan fingerprint density at radius 1 is 1.30 bits per heavy atom. The lowest BCUT2D eigenvalue weighted by Gasteiger charge is -2.07. The predicted octanol–water partition coefficient (Wildman–Crippen LogP) is 2.62. The normalized spacial score (nSPS) is 11.4. The van der Waals surface area contributed by atoms with Gasteiger partial charge in [-0.05, 0) is 54.6 Å². The summed E-state index contributed by atoms with van der Waals surface area (Å²) in [5.41, 5.74) is 11.5. The van der Waals surface area contributed by atoms with Crippen molar-refractivity contribution < 1.29 is 0 Å². The van der Waals surface area contributed by atoms with E-state index < -0.39 is 0 Å². The molecule has 0 saturated carbocycles. The number of hydrogen-bond acceptors (Lipinski definition) is 3. The van der Waals surface area contributed by atoms with Crippen molar-refractivity contribution in [1.82, 2.24) is 19.3 Å². The second-order valence-corrected chi connectivity index (χ2v) is 6.21. The van der Waals surface area contributed by atoms with Crippen molar-refractivity contribution >= 4 is 39.6 Å². The summed E-state index contributed by atoms with van der Waals surface area (Å²) < 4.78 is 5.11. The molecular formula is C14H16IN5. The van der Waals surface area contributed by atoms with Crippen molar-refractivity contribution in [2.45, 2.75) is 20.4 Å². The van der Waals surface area contributed by atoms with Gasteiger partial charge in [-0.15, -0.1) is 0 Å². The van der Waals surface area contributed by atoms with Crippen LogP contribution in [0, 0.1) is 17.4 Å². The van der Waals surface area contributed by atoms with Gasteiger partial charge in [0, 0.05) is 21.9 Å². The van der Waals surface area contributed by atoms with E-state index in [2.05, 4.69) is 51.7 Å². The molecule has 0 saturated heterocycles. The maximum Gasteiger partial charge on any atom is 0.201 e. The quantitative estimate of drug-likeness (QED) is 0.695. The summed E-state index contributed by atoms with van der Waals surface area (Å²) in [5, 5.41) is 4.46. The smallest absolute Gasteiger partial charge is 0.201 e. The molecular weight excluding hydrogens is 365 g/mol. The largest absolute Gasteiger partial charge is 0.369 e. The molecule has 20 heavy (non-hydrogen) atoms. The third-order valence-electron chi connectivity index (χ3n) is 3.71. The number of nitrogen functional groups attached to an aromatic ring is 1. The van der Waals surface area contributed by atoms with Gasteiger partial charge in [0.2, 0.25) is 5.95 Å². The van der Waals surface area contributed by atoms with E-state index >= 15 is 0 Å². The first kappa shape index (κ1) is 13.4. The Morgan fingerprint density at radius 2 is 2.05 bits per heavy atom. The van der Waals surface area contributed by atoms with Gasteiger partial charge in [-0.3, -0.25) is 4.68 Å². The fourth-order valence-corrected chi connectivity index (χ4v) is 2.97. The lowest BCUT2D eigenvalue weighted by atomic mass is 10.2. The number of fused-ring (bicyclic) bond motifs is 1. The molecule has 0 amide bonds. The van der Waals surface area contributed by atoms with E-state index in [1.807, 2.05) is 29.3 Å². The zero-order valence-electron chi connectivity index (χ0n) is 11.7. The summed E-state index contributed by atoms with van der Waals surface area (Å²) in [7, 11) is 1.96. The predicted molar refractivity (Wildman–Crippen MR) is 88.6 cm³/mol. The van der Waals surface area contributed by atoms with E-state index in [4.69, 9.17) is 5.73 Å². The monoisotopic (exact) mass is 381 g/mol. The topological polar surface area (TPSA) is 61.7 Å². The maximum absolute atomic E-state index is 6.08. The maximum atomic E-state index is 6.08. The van der Waals surface area contributed by atoms with Gasteiger partial charge < -0.3 is 10.3 Å². The number of halogens is 1. The van der Waals surface area contributed by atoms with Crippen LogP contribution < -0.4 is 5.73 Å². The van der Waals surface area contributed by atoms with Crippen molar-refractivity contribution in [2.24, 2.45) is 7.05 Å². The second-order valence-electron chi connectivity index (χ2n) is 4.96. The molecule has 5 nitrogen and oxygen atoms in total. The lowest BCUT2D eigenvalue weighted by Crippen LogP contribution is -2.06. The van der Waals surface area contributed by atoms with Gasteiger partial charge in [0.05, 0.1) is 23.3 Å². The van der Waals surface area contributed by atoms with Crippen LogP contribution in [0.25, 0.3) is 11.0 Å². The minimum Gasteiger partial charge on any atom is -0.369 e. The third kappa shape index (κ3) is 2.07. The van der Waals surface area contributed by atoms with Crippen molar-refractivity contribution in [1.29, 1.82) is 0 Å². The van der Waals surface area contributed by atoms with Gasteiger partial charge in [0.25, 0.3) is 0 Å². The highest BCUT2D eigenvalue weighted by molar-refractivity contribution is 14.1. The molecule has 0 radical (unpaired) electrons. The molecule has 3 rings (SSSR count). The average Bonchev–Trinajstić information content (AvgIpc) is 2.81. The summed E-state index contributed by atoms with van der Waals surface area (Å²) >= 11 is 2.28. The van der Waals surface area contributed by atoms with Crippen molar-refractivity contribution in [2.75, 3.05) is 5.73 Å². The molecule has 2 heterocycles. The first-order valence-corrected chi connectivity index (χ1v) is 7.45. The molecule has 0 aliphatic carbocycles. The molecule has 0 atom stereocenters. The summed E-state index contributed by atoms with van der Waals surface area (Å²) in [5.74, 6) is 0.546. The Balaban J connectivity index is 2.13. The van der Waals surface area contributed by atoms with Crippen LogP contribution in [0.3, 0.4) is 0 Å². The molecule has 104 valence electrons. The number of aromatic nitrogens is 4. The first-order chi connectivity index (χ1) is 9.47. The van der Waals surface area contributed by atoms with Crippen LogP contribution in [0.15, 0.2) is 18.2 Å².